The molecule has 0 spiro atoms. The van der Waals surface area contributed by atoms with Gasteiger partial charge in [0.2, 0.25) is 5.91 Å². The lowest BCUT2D eigenvalue weighted by atomic mass is 9.81. The SMILES string of the molecule is O=C(Cc1ccccc1OC1CCOC1)NC1CC(CO)C1. The van der Waals surface area contributed by atoms with Crippen LogP contribution < -0.4 is 10.1 Å². The third-order valence-electron chi connectivity index (χ3n) is 4.36. The van der Waals surface area contributed by atoms with E-state index in [0.29, 0.717) is 18.9 Å². The quantitative estimate of drug-likeness (QED) is 0.831. The van der Waals surface area contributed by atoms with Crippen LogP contribution in [0.2, 0.25) is 0 Å². The molecule has 0 bridgehead atoms. The average Bonchev–Trinajstić information content (AvgIpc) is 2.97. The first-order chi connectivity index (χ1) is 10.7. The zero-order chi connectivity index (χ0) is 15.4. The molecular weight excluding hydrogens is 282 g/mol. The number of rotatable bonds is 6. The molecule has 0 aromatic heterocycles. The van der Waals surface area contributed by atoms with E-state index in [0.717, 1.165) is 37.2 Å². The van der Waals surface area contributed by atoms with Crippen molar-refractivity contribution in [3.8, 4) is 5.75 Å². The van der Waals surface area contributed by atoms with Crippen molar-refractivity contribution >= 4 is 5.91 Å². The highest BCUT2D eigenvalue weighted by Gasteiger charge is 2.29. The number of carbonyl (C=O) groups excluding carboxylic acids is 1. The fraction of sp³-hybridized carbons (Fsp3) is 0.588. The molecule has 1 aliphatic carbocycles. The smallest absolute Gasteiger partial charge is 0.224 e. The topological polar surface area (TPSA) is 67.8 Å². The van der Waals surface area contributed by atoms with Gasteiger partial charge in [-0.15, -0.1) is 0 Å². The molecule has 1 atom stereocenters. The predicted molar refractivity (Wildman–Crippen MR) is 81.7 cm³/mol. The lowest BCUT2D eigenvalue weighted by Crippen LogP contribution is -2.45. The van der Waals surface area contributed by atoms with Crippen LogP contribution in [-0.2, 0) is 16.0 Å². The molecule has 0 radical (unpaired) electrons. The Balaban J connectivity index is 1.54. The molecule has 2 N–H and O–H groups in total. The van der Waals surface area contributed by atoms with Crippen LogP contribution in [0.3, 0.4) is 0 Å². The van der Waals surface area contributed by atoms with E-state index in [1.54, 1.807) is 0 Å². The zero-order valence-electron chi connectivity index (χ0n) is 12.7. The minimum Gasteiger partial charge on any atom is -0.488 e. The van der Waals surface area contributed by atoms with Crippen molar-refractivity contribution in [2.45, 2.75) is 37.8 Å². The van der Waals surface area contributed by atoms with E-state index in [2.05, 4.69) is 5.32 Å². The number of para-hydroxylation sites is 1. The van der Waals surface area contributed by atoms with Gasteiger partial charge in [-0.05, 0) is 24.8 Å². The Morgan fingerprint density at radius 1 is 1.36 bits per heavy atom. The fourth-order valence-electron chi connectivity index (χ4n) is 3.00. The van der Waals surface area contributed by atoms with Gasteiger partial charge in [-0.1, -0.05) is 18.2 Å². The van der Waals surface area contributed by atoms with Gasteiger partial charge in [0.1, 0.15) is 11.9 Å². The van der Waals surface area contributed by atoms with Gasteiger partial charge in [0.25, 0.3) is 0 Å². The highest BCUT2D eigenvalue weighted by atomic mass is 16.5. The maximum atomic E-state index is 12.1. The summed E-state index contributed by atoms with van der Waals surface area (Å²) in [7, 11) is 0. The Labute approximate surface area is 130 Å². The van der Waals surface area contributed by atoms with Crippen LogP contribution in [0.4, 0.5) is 0 Å². The zero-order valence-corrected chi connectivity index (χ0v) is 12.7. The van der Waals surface area contributed by atoms with Crippen LogP contribution in [0.15, 0.2) is 24.3 Å². The number of nitrogens with one attached hydrogen (secondary N) is 1. The third-order valence-corrected chi connectivity index (χ3v) is 4.36. The van der Waals surface area contributed by atoms with Gasteiger partial charge in [0.15, 0.2) is 0 Å². The van der Waals surface area contributed by atoms with Crippen LogP contribution in [0.25, 0.3) is 0 Å². The minimum absolute atomic E-state index is 0.0140. The largest absolute Gasteiger partial charge is 0.488 e. The minimum atomic E-state index is 0.0140. The molecule has 3 rings (SSSR count). The second-order valence-corrected chi connectivity index (χ2v) is 6.17. The van der Waals surface area contributed by atoms with Crippen LogP contribution >= 0.6 is 0 Å². The molecule has 5 nitrogen and oxygen atoms in total. The summed E-state index contributed by atoms with van der Waals surface area (Å²) >= 11 is 0. The van der Waals surface area contributed by atoms with E-state index < -0.39 is 0 Å². The van der Waals surface area contributed by atoms with Crippen molar-refractivity contribution in [2.75, 3.05) is 19.8 Å². The van der Waals surface area contributed by atoms with Gasteiger partial charge >= 0.3 is 0 Å². The molecule has 1 saturated heterocycles. The van der Waals surface area contributed by atoms with Gasteiger partial charge in [-0.3, -0.25) is 4.79 Å². The summed E-state index contributed by atoms with van der Waals surface area (Å²) in [5.41, 5.74) is 0.907. The Kier molecular flexibility index (Phi) is 4.95. The lowest BCUT2D eigenvalue weighted by Gasteiger charge is -2.34. The summed E-state index contributed by atoms with van der Waals surface area (Å²) in [6.07, 6.45) is 3.05. The van der Waals surface area contributed by atoms with E-state index in [4.69, 9.17) is 14.6 Å². The lowest BCUT2D eigenvalue weighted by molar-refractivity contribution is -0.122. The molecule has 1 saturated carbocycles. The van der Waals surface area contributed by atoms with Crippen molar-refractivity contribution in [1.82, 2.24) is 5.32 Å². The van der Waals surface area contributed by atoms with Crippen LogP contribution in [0.5, 0.6) is 5.75 Å². The number of hydrogen-bond donors (Lipinski definition) is 2. The number of ether oxygens (including phenoxy) is 2. The summed E-state index contributed by atoms with van der Waals surface area (Å²) < 4.78 is 11.3. The van der Waals surface area contributed by atoms with E-state index in [9.17, 15) is 4.79 Å². The third kappa shape index (κ3) is 3.78. The van der Waals surface area contributed by atoms with Gasteiger partial charge in [0, 0.05) is 24.6 Å². The highest BCUT2D eigenvalue weighted by molar-refractivity contribution is 5.79. The van der Waals surface area contributed by atoms with Gasteiger partial charge < -0.3 is 19.9 Å². The van der Waals surface area contributed by atoms with E-state index in [1.807, 2.05) is 24.3 Å². The summed E-state index contributed by atoms with van der Waals surface area (Å²) in [4.78, 5) is 12.1. The van der Waals surface area contributed by atoms with Crippen LogP contribution in [0, 0.1) is 5.92 Å². The van der Waals surface area contributed by atoms with Gasteiger partial charge in [-0.25, -0.2) is 0 Å². The van der Waals surface area contributed by atoms with Crippen molar-refractivity contribution in [1.29, 1.82) is 0 Å². The Bertz CT molecular complexity index is 507. The maximum Gasteiger partial charge on any atom is 0.224 e. The number of amides is 1. The monoisotopic (exact) mass is 305 g/mol. The number of benzene rings is 1. The average molecular weight is 305 g/mol. The van der Waals surface area contributed by atoms with Crippen LogP contribution in [-0.4, -0.2) is 43.0 Å². The first-order valence-electron chi connectivity index (χ1n) is 7.97. The second-order valence-electron chi connectivity index (χ2n) is 6.17. The Morgan fingerprint density at radius 2 is 2.18 bits per heavy atom. The van der Waals surface area contributed by atoms with Crippen molar-refractivity contribution in [3.63, 3.8) is 0 Å². The van der Waals surface area contributed by atoms with E-state index in [-0.39, 0.29) is 24.7 Å². The first kappa shape index (κ1) is 15.3. The van der Waals surface area contributed by atoms with Gasteiger partial charge in [-0.2, -0.15) is 0 Å². The van der Waals surface area contributed by atoms with Crippen molar-refractivity contribution in [3.05, 3.63) is 29.8 Å². The Morgan fingerprint density at radius 3 is 2.91 bits per heavy atom. The second kappa shape index (κ2) is 7.11. The summed E-state index contributed by atoms with van der Waals surface area (Å²) in [6, 6.07) is 7.89. The Hall–Kier alpha value is -1.59. The number of carbonyl (C=O) groups is 1. The standard InChI is InChI=1S/C17H23NO4/c19-10-12-7-14(8-12)18-17(20)9-13-3-1-2-4-16(13)22-15-5-6-21-11-15/h1-4,12,14-15,19H,5-11H2,(H,18,20). The van der Waals surface area contributed by atoms with Gasteiger partial charge in [0.05, 0.1) is 19.6 Å². The molecule has 2 fully saturated rings. The molecule has 1 aromatic carbocycles. The van der Waals surface area contributed by atoms with E-state index >= 15 is 0 Å². The summed E-state index contributed by atoms with van der Waals surface area (Å²) in [6.45, 7) is 1.57. The molecule has 2 aliphatic rings. The molecule has 22 heavy (non-hydrogen) atoms. The molecule has 5 heteroatoms. The number of hydrogen-bond acceptors (Lipinski definition) is 4. The normalized spacial score (nSPS) is 27.2. The summed E-state index contributed by atoms with van der Waals surface area (Å²) in [5.74, 6) is 1.14. The van der Waals surface area contributed by atoms with Crippen LogP contribution in [0.1, 0.15) is 24.8 Å². The molecule has 1 amide bonds. The summed E-state index contributed by atoms with van der Waals surface area (Å²) in [5, 5.41) is 12.0. The highest BCUT2D eigenvalue weighted by Crippen LogP contribution is 2.27. The molecule has 1 heterocycles. The molecule has 1 aliphatic heterocycles. The van der Waals surface area contributed by atoms with E-state index in [1.165, 1.54) is 0 Å². The molecule has 1 unspecified atom stereocenters. The number of aliphatic hydroxyl groups is 1. The molecule has 1 aromatic rings. The number of aliphatic hydroxyl groups excluding tert-OH is 1. The van der Waals surface area contributed by atoms with Crippen molar-refractivity contribution < 1.29 is 19.4 Å². The first-order valence-corrected chi connectivity index (χ1v) is 7.97. The molecular formula is C17H23NO4. The molecule has 120 valence electrons. The fourth-order valence-corrected chi connectivity index (χ4v) is 3.00. The predicted octanol–water partition coefficient (Wildman–Crippen LogP) is 1.28. The maximum absolute atomic E-state index is 12.1. The van der Waals surface area contributed by atoms with Crippen molar-refractivity contribution in [2.24, 2.45) is 5.92 Å².